The van der Waals surface area contributed by atoms with Gasteiger partial charge in [0.1, 0.15) is 5.75 Å². The quantitative estimate of drug-likeness (QED) is 0.349. The van der Waals surface area contributed by atoms with E-state index in [1.54, 1.807) is 0 Å². The molecule has 1 fully saturated rings. The minimum absolute atomic E-state index is 0.0489. The second-order valence-electron chi connectivity index (χ2n) is 9.95. The van der Waals surface area contributed by atoms with Gasteiger partial charge in [-0.05, 0) is 86.3 Å². The first-order chi connectivity index (χ1) is 16.4. The molecule has 34 heavy (non-hydrogen) atoms. The van der Waals surface area contributed by atoms with E-state index in [0.29, 0.717) is 13.0 Å². The van der Waals surface area contributed by atoms with Crippen LogP contribution in [0.3, 0.4) is 0 Å². The Morgan fingerprint density at radius 3 is 2.24 bits per heavy atom. The Kier molecular flexibility index (Phi) is 8.97. The van der Waals surface area contributed by atoms with Gasteiger partial charge in [-0.25, -0.2) is 0 Å². The van der Waals surface area contributed by atoms with Crippen LogP contribution in [0.25, 0.3) is 6.08 Å². The van der Waals surface area contributed by atoms with Gasteiger partial charge in [-0.3, -0.25) is 0 Å². The molecule has 0 bridgehead atoms. The Labute approximate surface area is 206 Å². The number of aliphatic hydroxyl groups is 1. The van der Waals surface area contributed by atoms with Gasteiger partial charge in [0.05, 0.1) is 18.3 Å². The van der Waals surface area contributed by atoms with Gasteiger partial charge in [-0.2, -0.15) is 5.26 Å². The van der Waals surface area contributed by atoms with Crippen molar-refractivity contribution in [1.29, 1.82) is 5.26 Å². The van der Waals surface area contributed by atoms with E-state index < -0.39 is 5.60 Å². The predicted molar refractivity (Wildman–Crippen MR) is 141 cm³/mol. The van der Waals surface area contributed by atoms with Crippen LogP contribution in [0, 0.1) is 25.2 Å². The highest BCUT2D eigenvalue weighted by Gasteiger charge is 2.32. The van der Waals surface area contributed by atoms with Crippen LogP contribution < -0.4 is 4.74 Å². The molecule has 0 aliphatic heterocycles. The number of nitriles is 1. The lowest BCUT2D eigenvalue weighted by atomic mass is 9.70. The third kappa shape index (κ3) is 5.91. The van der Waals surface area contributed by atoms with Crippen molar-refractivity contribution in [2.24, 2.45) is 0 Å². The van der Waals surface area contributed by atoms with Crippen LogP contribution in [0.5, 0.6) is 5.75 Å². The summed E-state index contributed by atoms with van der Waals surface area (Å²) in [6.45, 7) is 9.50. The Balaban J connectivity index is 1.82. The lowest BCUT2D eigenvalue weighted by Crippen LogP contribution is -2.26. The minimum atomic E-state index is -0.626. The first-order valence-electron chi connectivity index (χ1n) is 13.0. The third-order valence-electron chi connectivity index (χ3n) is 7.74. The van der Waals surface area contributed by atoms with Gasteiger partial charge in [0.2, 0.25) is 0 Å². The molecular formula is C31H41NO2. The Morgan fingerprint density at radius 1 is 1.00 bits per heavy atom. The number of ether oxygens (including phenoxy) is 1. The molecule has 182 valence electrons. The summed E-state index contributed by atoms with van der Waals surface area (Å²) in [4.78, 5) is 0. The predicted octanol–water partition coefficient (Wildman–Crippen LogP) is 7.80. The summed E-state index contributed by atoms with van der Waals surface area (Å²) in [5.74, 6) is 0.934. The lowest BCUT2D eigenvalue weighted by Gasteiger charge is -2.34. The van der Waals surface area contributed by atoms with Crippen LogP contribution in [0.2, 0.25) is 0 Å². The summed E-state index contributed by atoms with van der Waals surface area (Å²) in [5, 5.41) is 19.4. The second-order valence-corrected chi connectivity index (χ2v) is 9.95. The molecule has 0 saturated heterocycles. The van der Waals surface area contributed by atoms with Crippen LogP contribution in [-0.2, 0) is 5.41 Å². The van der Waals surface area contributed by atoms with Gasteiger partial charge >= 0.3 is 0 Å². The van der Waals surface area contributed by atoms with Gasteiger partial charge < -0.3 is 9.84 Å². The number of rotatable bonds is 11. The van der Waals surface area contributed by atoms with Crippen molar-refractivity contribution in [3.05, 3.63) is 70.3 Å². The van der Waals surface area contributed by atoms with E-state index in [4.69, 9.17) is 10.00 Å². The van der Waals surface area contributed by atoms with Crippen molar-refractivity contribution in [3.8, 4) is 11.8 Å². The molecule has 3 nitrogen and oxygen atoms in total. The lowest BCUT2D eigenvalue weighted by molar-refractivity contribution is 0.100. The maximum absolute atomic E-state index is 10.7. The van der Waals surface area contributed by atoms with Gasteiger partial charge in [0.25, 0.3) is 0 Å². The maximum Gasteiger partial charge on any atom is 0.122 e. The molecule has 2 aromatic carbocycles. The number of nitrogens with zero attached hydrogens (tertiary/aromatic N) is 1. The fourth-order valence-corrected chi connectivity index (χ4v) is 5.39. The van der Waals surface area contributed by atoms with Crippen molar-refractivity contribution in [2.75, 3.05) is 6.61 Å². The summed E-state index contributed by atoms with van der Waals surface area (Å²) in [7, 11) is 0. The first-order valence-corrected chi connectivity index (χ1v) is 13.0. The van der Waals surface area contributed by atoms with Gasteiger partial charge in [-0.15, -0.1) is 0 Å². The molecule has 3 heteroatoms. The number of hydrogen-bond donors (Lipinski definition) is 1. The van der Waals surface area contributed by atoms with Crippen LogP contribution in [0.1, 0.15) is 99.5 Å². The molecule has 1 aliphatic carbocycles. The monoisotopic (exact) mass is 459 g/mol. The van der Waals surface area contributed by atoms with Gasteiger partial charge in [0, 0.05) is 11.8 Å². The fourth-order valence-electron chi connectivity index (χ4n) is 5.39. The molecule has 1 saturated carbocycles. The zero-order valence-corrected chi connectivity index (χ0v) is 21.5. The molecule has 1 aliphatic rings. The molecule has 0 radical (unpaired) electrons. The largest absolute Gasteiger partial charge is 0.493 e. The summed E-state index contributed by atoms with van der Waals surface area (Å²) < 4.78 is 6.00. The van der Waals surface area contributed by atoms with E-state index >= 15 is 0 Å². The van der Waals surface area contributed by atoms with E-state index in [-0.39, 0.29) is 5.41 Å². The van der Waals surface area contributed by atoms with E-state index in [0.717, 1.165) is 62.7 Å². The summed E-state index contributed by atoms with van der Waals surface area (Å²) in [6.07, 6.45) is 12.5. The van der Waals surface area contributed by atoms with Crippen LogP contribution >= 0.6 is 0 Å². The average Bonchev–Trinajstić information content (AvgIpc) is 3.27. The number of benzene rings is 2. The van der Waals surface area contributed by atoms with Crippen molar-refractivity contribution < 1.29 is 9.84 Å². The Hall–Kier alpha value is -2.57. The molecule has 0 heterocycles. The fraction of sp³-hybridized carbons (Fsp3) is 0.516. The van der Waals surface area contributed by atoms with Gasteiger partial charge in [0.15, 0.2) is 0 Å². The second kappa shape index (κ2) is 11.7. The average molecular weight is 460 g/mol. The SMILES string of the molecule is CCC(CC)(c1ccc(/C=C/C2(O)CCCC2)c(C)c1)c1ccc(OCCCCC#N)c(C)c1. The first kappa shape index (κ1) is 26.0. The Morgan fingerprint density at radius 2 is 1.65 bits per heavy atom. The topological polar surface area (TPSA) is 53.2 Å². The zero-order chi connectivity index (χ0) is 24.6. The highest BCUT2D eigenvalue weighted by molar-refractivity contribution is 5.57. The third-order valence-corrected chi connectivity index (χ3v) is 7.74. The van der Waals surface area contributed by atoms with E-state index in [1.807, 2.05) is 6.08 Å². The molecule has 0 unspecified atom stereocenters. The van der Waals surface area contributed by atoms with Crippen LogP contribution in [0.4, 0.5) is 0 Å². The summed E-state index contributed by atoms with van der Waals surface area (Å²) in [6, 6.07) is 15.6. The highest BCUT2D eigenvalue weighted by atomic mass is 16.5. The van der Waals surface area contributed by atoms with Gasteiger partial charge in [-0.1, -0.05) is 69.2 Å². The van der Waals surface area contributed by atoms with Crippen molar-refractivity contribution in [3.63, 3.8) is 0 Å². The molecular weight excluding hydrogens is 418 g/mol. The van der Waals surface area contributed by atoms with E-state index in [2.05, 4.69) is 76.2 Å². The van der Waals surface area contributed by atoms with Crippen molar-refractivity contribution in [1.82, 2.24) is 0 Å². The normalized spacial score (nSPS) is 15.5. The summed E-state index contributed by atoms with van der Waals surface area (Å²) >= 11 is 0. The maximum atomic E-state index is 10.7. The van der Waals surface area contributed by atoms with Crippen molar-refractivity contribution in [2.45, 2.75) is 96.5 Å². The molecule has 0 spiro atoms. The number of unbranched alkanes of at least 4 members (excludes halogenated alkanes) is 2. The highest BCUT2D eigenvalue weighted by Crippen LogP contribution is 2.41. The zero-order valence-electron chi connectivity index (χ0n) is 21.5. The van der Waals surface area contributed by atoms with E-state index in [1.165, 1.54) is 22.3 Å². The number of aryl methyl sites for hydroxylation is 2. The molecule has 0 atom stereocenters. The molecule has 0 amide bonds. The van der Waals surface area contributed by atoms with Crippen LogP contribution in [-0.4, -0.2) is 17.3 Å². The number of hydrogen-bond acceptors (Lipinski definition) is 3. The smallest absolute Gasteiger partial charge is 0.122 e. The minimum Gasteiger partial charge on any atom is -0.493 e. The van der Waals surface area contributed by atoms with Crippen molar-refractivity contribution >= 4 is 6.08 Å². The molecule has 1 N–H and O–H groups in total. The van der Waals surface area contributed by atoms with Crippen LogP contribution in [0.15, 0.2) is 42.5 Å². The molecule has 0 aromatic heterocycles. The van der Waals surface area contributed by atoms with E-state index in [9.17, 15) is 5.11 Å². The Bertz CT molecular complexity index is 1020. The standard InChI is InChI=1S/C31H41NO2/c1-5-31(6-2,28-14-15-29(25(4)23-28)34-21-11-7-10-20-32)27-13-12-26(24(3)22-27)16-19-30(33)17-8-9-18-30/h12-16,19,22-23,33H,5-11,17-18,21H2,1-4H3/b19-16+. The molecule has 2 aromatic rings. The molecule has 3 rings (SSSR count). The summed E-state index contributed by atoms with van der Waals surface area (Å²) in [5.41, 5.74) is 5.58.